The van der Waals surface area contributed by atoms with Crippen LogP contribution in [0.2, 0.25) is 0 Å². The number of rotatable bonds is 10. The molecule has 0 amide bonds. The van der Waals surface area contributed by atoms with Crippen LogP contribution in [0, 0.1) is 0 Å². The van der Waals surface area contributed by atoms with E-state index in [9.17, 15) is 4.79 Å². The zero-order valence-corrected chi connectivity index (χ0v) is 18.2. The molecule has 1 heterocycles. The van der Waals surface area contributed by atoms with Gasteiger partial charge in [0, 0.05) is 12.5 Å². The summed E-state index contributed by atoms with van der Waals surface area (Å²) < 4.78 is 23.2. The van der Waals surface area contributed by atoms with Crippen LogP contribution < -0.4 is 14.2 Å². The van der Waals surface area contributed by atoms with Gasteiger partial charge in [-0.2, -0.15) is 0 Å². The maximum atomic E-state index is 12.5. The second kappa shape index (κ2) is 10.4. The Morgan fingerprint density at radius 3 is 2.63 bits per heavy atom. The summed E-state index contributed by atoms with van der Waals surface area (Å²) in [6.45, 7) is 7.16. The molecule has 0 aromatic heterocycles. The predicted octanol–water partition coefficient (Wildman–Crippen LogP) is 5.13. The van der Waals surface area contributed by atoms with Crippen molar-refractivity contribution < 1.29 is 23.7 Å². The van der Waals surface area contributed by atoms with Crippen molar-refractivity contribution in [1.82, 2.24) is 0 Å². The van der Waals surface area contributed by atoms with Crippen LogP contribution in [0.1, 0.15) is 51.2 Å². The number of carbonyl (C=O) groups is 1. The van der Waals surface area contributed by atoms with Crippen LogP contribution in [0.4, 0.5) is 0 Å². The Bertz CT molecular complexity index is 847. The van der Waals surface area contributed by atoms with E-state index in [0.717, 1.165) is 30.6 Å². The summed E-state index contributed by atoms with van der Waals surface area (Å²) in [4.78, 5) is 12.5. The molecule has 0 saturated carbocycles. The van der Waals surface area contributed by atoms with E-state index >= 15 is 0 Å². The largest absolute Gasteiger partial charge is 0.490 e. The van der Waals surface area contributed by atoms with E-state index in [1.54, 1.807) is 0 Å². The summed E-state index contributed by atoms with van der Waals surface area (Å²) in [5.41, 5.74) is 1.39. The van der Waals surface area contributed by atoms with Crippen LogP contribution in [-0.2, 0) is 22.4 Å². The van der Waals surface area contributed by atoms with Gasteiger partial charge in [-0.1, -0.05) is 44.5 Å². The van der Waals surface area contributed by atoms with E-state index in [1.807, 2.05) is 50.2 Å². The second-order valence-corrected chi connectivity index (χ2v) is 7.49. The minimum atomic E-state index is -0.909. The highest BCUT2D eigenvalue weighted by molar-refractivity contribution is 5.80. The molecule has 0 spiro atoms. The summed E-state index contributed by atoms with van der Waals surface area (Å²) in [6.07, 6.45) is 4.05. The summed E-state index contributed by atoms with van der Waals surface area (Å²) >= 11 is 0. The third-order valence-corrected chi connectivity index (χ3v) is 5.46. The molecule has 0 bridgehead atoms. The number of hydrogen-bond acceptors (Lipinski definition) is 5. The van der Waals surface area contributed by atoms with Crippen LogP contribution in [-0.4, -0.2) is 31.4 Å². The molecule has 162 valence electrons. The first kappa shape index (κ1) is 22.0. The van der Waals surface area contributed by atoms with E-state index < -0.39 is 5.60 Å². The Balaban J connectivity index is 1.59. The SMILES string of the molecule is CCCc1ccccc1OCCOc1ccc2c(c1)OC(CC)(C(=O)OCC)CC2. The number of ether oxygens (including phenoxy) is 4. The highest BCUT2D eigenvalue weighted by atomic mass is 16.6. The van der Waals surface area contributed by atoms with Crippen molar-refractivity contribution in [3.8, 4) is 17.2 Å². The van der Waals surface area contributed by atoms with Crippen molar-refractivity contribution in [2.75, 3.05) is 19.8 Å². The van der Waals surface area contributed by atoms with Gasteiger partial charge >= 0.3 is 5.97 Å². The smallest absolute Gasteiger partial charge is 0.350 e. The predicted molar refractivity (Wildman–Crippen MR) is 116 cm³/mol. The average Bonchev–Trinajstić information content (AvgIpc) is 2.77. The molecule has 1 aliphatic heterocycles. The topological polar surface area (TPSA) is 54.0 Å². The molecule has 1 aliphatic rings. The van der Waals surface area contributed by atoms with E-state index in [1.165, 1.54) is 5.56 Å². The Morgan fingerprint density at radius 2 is 1.87 bits per heavy atom. The number of para-hydroxylation sites is 1. The first-order valence-electron chi connectivity index (χ1n) is 10.9. The lowest BCUT2D eigenvalue weighted by atomic mass is 9.88. The van der Waals surface area contributed by atoms with Gasteiger partial charge in [-0.25, -0.2) is 4.79 Å². The van der Waals surface area contributed by atoms with E-state index in [-0.39, 0.29) is 5.97 Å². The van der Waals surface area contributed by atoms with Crippen LogP contribution in [0.25, 0.3) is 0 Å². The van der Waals surface area contributed by atoms with Gasteiger partial charge in [0.05, 0.1) is 6.61 Å². The molecule has 0 N–H and O–H groups in total. The molecule has 3 rings (SSSR count). The van der Waals surface area contributed by atoms with Crippen LogP contribution in [0.5, 0.6) is 17.2 Å². The molecular weight excluding hydrogens is 380 g/mol. The number of fused-ring (bicyclic) bond motifs is 1. The molecular formula is C25H32O5. The highest BCUT2D eigenvalue weighted by Gasteiger charge is 2.43. The third-order valence-electron chi connectivity index (χ3n) is 5.46. The zero-order chi connectivity index (χ0) is 21.4. The van der Waals surface area contributed by atoms with Crippen molar-refractivity contribution in [1.29, 1.82) is 0 Å². The fourth-order valence-corrected chi connectivity index (χ4v) is 3.76. The lowest BCUT2D eigenvalue weighted by Crippen LogP contribution is -2.47. The lowest BCUT2D eigenvalue weighted by Gasteiger charge is -2.35. The van der Waals surface area contributed by atoms with Gasteiger partial charge in [0.1, 0.15) is 30.5 Å². The van der Waals surface area contributed by atoms with Crippen molar-refractivity contribution in [2.24, 2.45) is 0 Å². The monoisotopic (exact) mass is 412 g/mol. The molecule has 2 aromatic rings. The lowest BCUT2D eigenvalue weighted by molar-refractivity contribution is -0.163. The Kier molecular flexibility index (Phi) is 7.61. The molecule has 0 saturated heterocycles. The van der Waals surface area contributed by atoms with Crippen molar-refractivity contribution in [3.63, 3.8) is 0 Å². The standard InChI is InChI=1S/C25H32O5/c1-4-9-19-10-7-8-11-22(19)29-17-16-28-21-13-12-20-14-15-25(5-2,24(26)27-6-3)30-23(20)18-21/h7-8,10-13,18H,4-6,9,14-17H2,1-3H3. The van der Waals surface area contributed by atoms with E-state index in [4.69, 9.17) is 18.9 Å². The van der Waals surface area contributed by atoms with Crippen molar-refractivity contribution >= 4 is 5.97 Å². The normalized spacial score (nSPS) is 17.6. The molecule has 30 heavy (non-hydrogen) atoms. The van der Waals surface area contributed by atoms with E-state index in [0.29, 0.717) is 44.2 Å². The van der Waals surface area contributed by atoms with Crippen LogP contribution >= 0.6 is 0 Å². The van der Waals surface area contributed by atoms with E-state index in [2.05, 4.69) is 13.0 Å². The molecule has 1 atom stereocenters. The third kappa shape index (κ3) is 5.07. The summed E-state index contributed by atoms with van der Waals surface area (Å²) in [6, 6.07) is 13.9. The van der Waals surface area contributed by atoms with Gasteiger partial charge in [-0.3, -0.25) is 0 Å². The number of esters is 1. The van der Waals surface area contributed by atoms with Gasteiger partial charge in [-0.05, 0) is 49.4 Å². The number of aryl methyl sites for hydroxylation is 2. The fraction of sp³-hybridized carbons (Fsp3) is 0.480. The Labute approximate surface area is 179 Å². The molecule has 0 fully saturated rings. The molecule has 0 aliphatic carbocycles. The van der Waals surface area contributed by atoms with Gasteiger partial charge in [0.25, 0.3) is 0 Å². The highest BCUT2D eigenvalue weighted by Crippen LogP contribution is 2.38. The summed E-state index contributed by atoms with van der Waals surface area (Å²) in [5.74, 6) is 2.03. The molecule has 5 nitrogen and oxygen atoms in total. The minimum Gasteiger partial charge on any atom is -0.490 e. The van der Waals surface area contributed by atoms with Crippen LogP contribution in [0.3, 0.4) is 0 Å². The minimum absolute atomic E-state index is 0.288. The maximum Gasteiger partial charge on any atom is 0.350 e. The summed E-state index contributed by atoms with van der Waals surface area (Å²) in [5, 5.41) is 0. The summed E-state index contributed by atoms with van der Waals surface area (Å²) in [7, 11) is 0. The van der Waals surface area contributed by atoms with Gasteiger partial charge in [0.15, 0.2) is 0 Å². The molecule has 0 radical (unpaired) electrons. The van der Waals surface area contributed by atoms with Gasteiger partial charge in [-0.15, -0.1) is 0 Å². The van der Waals surface area contributed by atoms with Crippen molar-refractivity contribution in [3.05, 3.63) is 53.6 Å². The quantitative estimate of drug-likeness (QED) is 0.400. The molecule has 5 heteroatoms. The van der Waals surface area contributed by atoms with Gasteiger partial charge < -0.3 is 18.9 Å². The number of carbonyl (C=O) groups excluding carboxylic acids is 1. The zero-order valence-electron chi connectivity index (χ0n) is 18.2. The molecule has 1 unspecified atom stereocenters. The Hall–Kier alpha value is -2.69. The average molecular weight is 413 g/mol. The number of hydrogen-bond donors (Lipinski definition) is 0. The molecule has 2 aromatic carbocycles. The van der Waals surface area contributed by atoms with Crippen molar-refractivity contribution in [2.45, 2.75) is 58.5 Å². The van der Waals surface area contributed by atoms with Gasteiger partial charge in [0.2, 0.25) is 5.60 Å². The second-order valence-electron chi connectivity index (χ2n) is 7.49. The van der Waals surface area contributed by atoms with Crippen LogP contribution in [0.15, 0.2) is 42.5 Å². The number of benzene rings is 2. The first-order chi connectivity index (χ1) is 14.6. The first-order valence-corrected chi connectivity index (χ1v) is 10.9. The maximum absolute atomic E-state index is 12.5. The fourth-order valence-electron chi connectivity index (χ4n) is 3.76. The Morgan fingerprint density at radius 1 is 1.07 bits per heavy atom.